The van der Waals surface area contributed by atoms with Crippen molar-refractivity contribution in [1.82, 2.24) is 5.32 Å². The van der Waals surface area contributed by atoms with Crippen molar-refractivity contribution in [3.63, 3.8) is 0 Å². The number of benzene rings is 1. The Balaban J connectivity index is 2.69. The molecule has 1 rings (SSSR count). The first-order valence-electron chi connectivity index (χ1n) is 5.99. The smallest absolute Gasteiger partial charge is 0.253 e. The molecule has 0 heterocycles. The lowest BCUT2D eigenvalue weighted by Gasteiger charge is -2.16. The SMILES string of the molecule is COCC(CNC(=O)c1cc(C)ccc1NN)OC. The summed E-state index contributed by atoms with van der Waals surface area (Å²) in [5.74, 6) is 5.19. The number of carbonyl (C=O) groups is 1. The molecule has 106 valence electrons. The van der Waals surface area contributed by atoms with Gasteiger partial charge in [0, 0.05) is 20.8 Å². The van der Waals surface area contributed by atoms with Crippen LogP contribution in [0.4, 0.5) is 5.69 Å². The number of aryl methyl sites for hydroxylation is 1. The maximum absolute atomic E-state index is 12.1. The third kappa shape index (κ3) is 4.51. The highest BCUT2D eigenvalue weighted by atomic mass is 16.5. The van der Waals surface area contributed by atoms with E-state index in [1.54, 1.807) is 26.4 Å². The molecule has 6 heteroatoms. The first kappa shape index (κ1) is 15.4. The molecular weight excluding hydrogens is 246 g/mol. The molecule has 0 saturated carbocycles. The van der Waals surface area contributed by atoms with Gasteiger partial charge in [0.2, 0.25) is 0 Å². The van der Waals surface area contributed by atoms with Gasteiger partial charge in [-0.2, -0.15) is 0 Å². The molecule has 1 unspecified atom stereocenters. The summed E-state index contributed by atoms with van der Waals surface area (Å²) in [6.45, 7) is 2.72. The number of nitrogens with one attached hydrogen (secondary N) is 2. The quantitative estimate of drug-likeness (QED) is 0.499. The summed E-state index contributed by atoms with van der Waals surface area (Å²) >= 11 is 0. The van der Waals surface area contributed by atoms with Crippen LogP contribution in [0.3, 0.4) is 0 Å². The van der Waals surface area contributed by atoms with Gasteiger partial charge in [0.1, 0.15) is 0 Å². The van der Waals surface area contributed by atoms with E-state index in [2.05, 4.69) is 10.7 Å². The lowest BCUT2D eigenvalue weighted by molar-refractivity contribution is 0.0285. The van der Waals surface area contributed by atoms with Gasteiger partial charge in [0.25, 0.3) is 5.91 Å². The summed E-state index contributed by atoms with van der Waals surface area (Å²) in [7, 11) is 3.17. The van der Waals surface area contributed by atoms with E-state index in [1.807, 2.05) is 13.0 Å². The van der Waals surface area contributed by atoms with Crippen molar-refractivity contribution in [2.75, 3.05) is 32.8 Å². The molecule has 1 atom stereocenters. The summed E-state index contributed by atoms with van der Waals surface area (Å²) in [4.78, 5) is 12.1. The zero-order valence-electron chi connectivity index (χ0n) is 11.5. The first-order chi connectivity index (χ1) is 9.12. The molecular formula is C13H21N3O3. The average molecular weight is 267 g/mol. The van der Waals surface area contributed by atoms with E-state index >= 15 is 0 Å². The molecule has 1 aromatic carbocycles. The van der Waals surface area contributed by atoms with Gasteiger partial charge in [-0.25, -0.2) is 0 Å². The Morgan fingerprint density at radius 3 is 2.74 bits per heavy atom. The van der Waals surface area contributed by atoms with Crippen molar-refractivity contribution in [3.8, 4) is 0 Å². The van der Waals surface area contributed by atoms with Crippen LogP contribution >= 0.6 is 0 Å². The van der Waals surface area contributed by atoms with Crippen LogP contribution in [0.5, 0.6) is 0 Å². The number of rotatable bonds is 7. The second-order valence-electron chi connectivity index (χ2n) is 4.22. The number of methoxy groups -OCH3 is 2. The number of carbonyl (C=O) groups excluding carboxylic acids is 1. The molecule has 1 amide bonds. The Morgan fingerprint density at radius 2 is 2.16 bits per heavy atom. The van der Waals surface area contributed by atoms with Crippen LogP contribution in [-0.4, -0.2) is 39.4 Å². The van der Waals surface area contributed by atoms with E-state index in [4.69, 9.17) is 15.3 Å². The van der Waals surface area contributed by atoms with Crippen molar-refractivity contribution in [1.29, 1.82) is 0 Å². The lowest BCUT2D eigenvalue weighted by Crippen LogP contribution is -2.36. The number of hydrazine groups is 1. The second-order valence-corrected chi connectivity index (χ2v) is 4.22. The van der Waals surface area contributed by atoms with Crippen molar-refractivity contribution in [2.45, 2.75) is 13.0 Å². The normalized spacial score (nSPS) is 12.0. The number of nitrogen functional groups attached to an aromatic ring is 1. The van der Waals surface area contributed by atoms with E-state index < -0.39 is 0 Å². The molecule has 4 N–H and O–H groups in total. The Kier molecular flexibility index (Phi) is 6.27. The monoisotopic (exact) mass is 267 g/mol. The molecule has 19 heavy (non-hydrogen) atoms. The summed E-state index contributed by atoms with van der Waals surface area (Å²) in [6, 6.07) is 5.44. The Morgan fingerprint density at radius 1 is 1.42 bits per heavy atom. The zero-order valence-corrected chi connectivity index (χ0v) is 11.5. The van der Waals surface area contributed by atoms with Crippen LogP contribution < -0.4 is 16.6 Å². The van der Waals surface area contributed by atoms with Crippen molar-refractivity contribution >= 4 is 11.6 Å². The highest BCUT2D eigenvalue weighted by molar-refractivity contribution is 5.99. The second kappa shape index (κ2) is 7.73. The summed E-state index contributed by atoms with van der Waals surface area (Å²) < 4.78 is 10.2. The van der Waals surface area contributed by atoms with Gasteiger partial charge in [-0.3, -0.25) is 10.6 Å². The van der Waals surface area contributed by atoms with Gasteiger partial charge in [-0.05, 0) is 19.1 Å². The minimum absolute atomic E-state index is 0.173. The third-order valence-electron chi connectivity index (χ3n) is 2.75. The summed E-state index contributed by atoms with van der Waals surface area (Å²) in [6.07, 6.45) is -0.173. The van der Waals surface area contributed by atoms with Crippen LogP contribution in [0.1, 0.15) is 15.9 Å². The third-order valence-corrected chi connectivity index (χ3v) is 2.75. The fraction of sp³-hybridized carbons (Fsp3) is 0.462. The molecule has 0 saturated heterocycles. The Bertz CT molecular complexity index is 424. The fourth-order valence-electron chi connectivity index (χ4n) is 1.67. The minimum atomic E-state index is -0.199. The molecule has 0 aliphatic carbocycles. The molecule has 0 fully saturated rings. The lowest BCUT2D eigenvalue weighted by atomic mass is 10.1. The minimum Gasteiger partial charge on any atom is -0.382 e. The standard InChI is InChI=1S/C13H21N3O3/c1-9-4-5-12(16-14)11(6-9)13(17)15-7-10(19-3)8-18-2/h4-6,10,16H,7-8,14H2,1-3H3,(H,15,17). The maximum atomic E-state index is 12.1. The predicted molar refractivity (Wildman–Crippen MR) is 74.0 cm³/mol. The highest BCUT2D eigenvalue weighted by Gasteiger charge is 2.13. The van der Waals surface area contributed by atoms with Gasteiger partial charge >= 0.3 is 0 Å². The number of nitrogens with two attached hydrogens (primary N) is 1. The number of anilines is 1. The van der Waals surface area contributed by atoms with Gasteiger partial charge in [-0.15, -0.1) is 0 Å². The summed E-state index contributed by atoms with van der Waals surface area (Å²) in [5.41, 5.74) is 4.60. The van der Waals surface area contributed by atoms with E-state index in [9.17, 15) is 4.79 Å². The number of hydrogen-bond acceptors (Lipinski definition) is 5. The highest BCUT2D eigenvalue weighted by Crippen LogP contribution is 2.16. The van der Waals surface area contributed by atoms with Crippen LogP contribution in [0.15, 0.2) is 18.2 Å². The molecule has 0 spiro atoms. The largest absolute Gasteiger partial charge is 0.382 e. The van der Waals surface area contributed by atoms with E-state index in [0.29, 0.717) is 24.4 Å². The van der Waals surface area contributed by atoms with Crippen molar-refractivity contribution in [2.24, 2.45) is 5.84 Å². The molecule has 0 aliphatic heterocycles. The molecule has 0 aromatic heterocycles. The fourth-order valence-corrected chi connectivity index (χ4v) is 1.67. The van der Waals surface area contributed by atoms with Crippen LogP contribution in [0.2, 0.25) is 0 Å². The van der Waals surface area contributed by atoms with Gasteiger partial charge in [-0.1, -0.05) is 11.6 Å². The van der Waals surface area contributed by atoms with Crippen LogP contribution in [-0.2, 0) is 9.47 Å². The average Bonchev–Trinajstić information content (AvgIpc) is 2.43. The molecule has 1 aromatic rings. The first-order valence-corrected chi connectivity index (χ1v) is 5.99. The van der Waals surface area contributed by atoms with E-state index in [-0.39, 0.29) is 12.0 Å². The van der Waals surface area contributed by atoms with Gasteiger partial charge in [0.05, 0.1) is 24.0 Å². The van der Waals surface area contributed by atoms with Crippen molar-refractivity contribution in [3.05, 3.63) is 29.3 Å². The van der Waals surface area contributed by atoms with E-state index in [0.717, 1.165) is 5.56 Å². The number of hydrogen-bond donors (Lipinski definition) is 3. The summed E-state index contributed by atoms with van der Waals surface area (Å²) in [5, 5.41) is 2.80. The zero-order chi connectivity index (χ0) is 14.3. The van der Waals surface area contributed by atoms with E-state index in [1.165, 1.54) is 0 Å². The van der Waals surface area contributed by atoms with Crippen LogP contribution in [0.25, 0.3) is 0 Å². The molecule has 6 nitrogen and oxygen atoms in total. The molecule has 0 radical (unpaired) electrons. The molecule has 0 aliphatic rings. The topological polar surface area (TPSA) is 85.6 Å². The van der Waals surface area contributed by atoms with Gasteiger partial charge < -0.3 is 20.2 Å². The van der Waals surface area contributed by atoms with Gasteiger partial charge in [0.15, 0.2) is 0 Å². The number of amides is 1. The predicted octanol–water partition coefficient (Wildman–Crippen LogP) is 0.672. The Hall–Kier alpha value is -1.63. The maximum Gasteiger partial charge on any atom is 0.253 e. The number of ether oxygens (including phenoxy) is 2. The van der Waals surface area contributed by atoms with Crippen molar-refractivity contribution < 1.29 is 14.3 Å². The Labute approximate surface area is 113 Å². The molecule has 0 bridgehead atoms. The van der Waals surface area contributed by atoms with Crippen LogP contribution in [0, 0.1) is 6.92 Å².